The van der Waals surface area contributed by atoms with Crippen LogP contribution in [-0.2, 0) is 4.79 Å². The molecule has 0 aromatic carbocycles. The van der Waals surface area contributed by atoms with Crippen LogP contribution in [0.4, 0.5) is 29.3 Å². The average molecular weight is 411 g/mol. The van der Waals surface area contributed by atoms with E-state index in [0.29, 0.717) is 29.8 Å². The molecule has 0 atom stereocenters. The van der Waals surface area contributed by atoms with Crippen LogP contribution in [0.2, 0.25) is 0 Å². The van der Waals surface area contributed by atoms with Crippen molar-refractivity contribution < 1.29 is 27.1 Å². The van der Waals surface area contributed by atoms with E-state index in [0.717, 1.165) is 0 Å². The number of pyridine rings is 1. The number of ketones is 1. The highest BCUT2D eigenvalue weighted by molar-refractivity contribution is 5.86. The van der Waals surface area contributed by atoms with Crippen LogP contribution in [0.25, 0.3) is 11.3 Å². The Kier molecular flexibility index (Phi) is 4.75. The minimum Gasteiger partial charge on any atom is -0.431 e. The number of aromatic nitrogens is 3. The van der Waals surface area contributed by atoms with Gasteiger partial charge in [0.05, 0.1) is 17.9 Å². The molecule has 0 unspecified atom stereocenters. The molecule has 0 bridgehead atoms. The van der Waals surface area contributed by atoms with Crippen molar-refractivity contribution >= 4 is 17.5 Å². The molecule has 3 heterocycles. The van der Waals surface area contributed by atoms with Gasteiger partial charge < -0.3 is 15.4 Å². The van der Waals surface area contributed by atoms with Gasteiger partial charge >= 0.3 is 6.61 Å². The first-order chi connectivity index (χ1) is 13.7. The van der Waals surface area contributed by atoms with Crippen LogP contribution in [0.5, 0.6) is 5.75 Å². The fourth-order valence-corrected chi connectivity index (χ4v) is 3.34. The maximum Gasteiger partial charge on any atom is 0.387 e. The summed E-state index contributed by atoms with van der Waals surface area (Å²) in [5, 5.41) is 0. The molecule has 1 saturated heterocycles. The maximum atomic E-state index is 13.7. The molecular weight excluding hydrogens is 394 g/mol. The molecule has 29 heavy (non-hydrogen) atoms. The van der Waals surface area contributed by atoms with E-state index in [1.165, 1.54) is 17.2 Å². The van der Waals surface area contributed by atoms with E-state index >= 15 is 0 Å². The molecule has 2 aromatic rings. The number of halogens is 4. The number of nitrogen functional groups attached to an aromatic ring is 1. The third-order valence-corrected chi connectivity index (χ3v) is 4.95. The monoisotopic (exact) mass is 411 g/mol. The van der Waals surface area contributed by atoms with Crippen molar-refractivity contribution in [2.24, 2.45) is 0 Å². The Morgan fingerprint density at radius 2 is 2.00 bits per heavy atom. The summed E-state index contributed by atoms with van der Waals surface area (Å²) in [4.78, 5) is 25.3. The Bertz CT molecular complexity index is 948. The lowest BCUT2D eigenvalue weighted by atomic mass is 9.81. The van der Waals surface area contributed by atoms with Crippen LogP contribution in [0.3, 0.4) is 0 Å². The van der Waals surface area contributed by atoms with Crippen molar-refractivity contribution in [2.45, 2.75) is 37.7 Å². The number of carbonyl (C=O) groups is 1. The first-order valence-electron chi connectivity index (χ1n) is 8.94. The van der Waals surface area contributed by atoms with Crippen LogP contribution < -0.4 is 15.4 Å². The highest BCUT2D eigenvalue weighted by Gasteiger charge is 2.40. The molecule has 154 valence electrons. The molecule has 2 fully saturated rings. The lowest BCUT2D eigenvalue weighted by Gasteiger charge is -2.25. The van der Waals surface area contributed by atoms with Crippen molar-refractivity contribution in [3.63, 3.8) is 0 Å². The van der Waals surface area contributed by atoms with E-state index in [9.17, 15) is 22.4 Å². The lowest BCUT2D eigenvalue weighted by Crippen LogP contribution is -2.28. The van der Waals surface area contributed by atoms with Gasteiger partial charge in [-0.05, 0) is 12.1 Å². The second-order valence-electron chi connectivity index (χ2n) is 7.14. The van der Waals surface area contributed by atoms with Gasteiger partial charge in [-0.3, -0.25) is 4.79 Å². The number of hydrogen-bond donors (Lipinski definition) is 1. The Hall–Kier alpha value is -2.98. The molecule has 1 aliphatic heterocycles. The quantitative estimate of drug-likeness (QED) is 0.756. The summed E-state index contributed by atoms with van der Waals surface area (Å²) in [6, 6.07) is 2.86. The van der Waals surface area contributed by atoms with Gasteiger partial charge in [0.2, 0.25) is 5.95 Å². The minimum atomic E-state index is -3.08. The summed E-state index contributed by atoms with van der Waals surface area (Å²) in [5.74, 6) is -3.32. The van der Waals surface area contributed by atoms with Gasteiger partial charge in [0.15, 0.2) is 11.6 Å². The Morgan fingerprint density at radius 1 is 1.24 bits per heavy atom. The second-order valence-corrected chi connectivity index (χ2v) is 7.14. The molecule has 1 saturated carbocycles. The minimum absolute atomic E-state index is 0.0826. The second kappa shape index (κ2) is 7.12. The summed E-state index contributed by atoms with van der Waals surface area (Å²) >= 11 is 0. The van der Waals surface area contributed by atoms with E-state index in [4.69, 9.17) is 5.73 Å². The topological polar surface area (TPSA) is 94.2 Å². The summed E-state index contributed by atoms with van der Waals surface area (Å²) in [5.41, 5.74) is 6.72. The molecule has 2 N–H and O–H groups in total. The Morgan fingerprint density at radius 3 is 2.62 bits per heavy atom. The van der Waals surface area contributed by atoms with Gasteiger partial charge in [-0.1, -0.05) is 0 Å². The predicted octanol–water partition coefficient (Wildman–Crippen LogP) is 3.01. The van der Waals surface area contributed by atoms with E-state index in [1.54, 1.807) is 6.07 Å². The first kappa shape index (κ1) is 19.3. The summed E-state index contributed by atoms with van der Waals surface area (Å²) < 4.78 is 56.9. The smallest absolute Gasteiger partial charge is 0.387 e. The maximum absolute atomic E-state index is 13.7. The SMILES string of the molecule is Nc1ncc(-c2cc(C3CC(=O)C3)nc(N3CCC(F)(F)C3)n2)cc1OC(F)F. The molecule has 2 aliphatic rings. The normalized spacial score (nSPS) is 18.9. The molecule has 0 amide bonds. The highest BCUT2D eigenvalue weighted by atomic mass is 19.3. The van der Waals surface area contributed by atoms with Crippen LogP contribution >= 0.6 is 0 Å². The fraction of sp³-hybridized carbons (Fsp3) is 0.444. The standard InChI is InChI=1S/C18H17F4N5O2/c19-16(20)29-14-5-10(7-24-15(14)23)13-6-12(9-3-11(28)4-9)25-17(26-13)27-2-1-18(21,22)8-27/h5-7,9,16H,1-4,8H2,(H2,23,24). The first-order valence-corrected chi connectivity index (χ1v) is 8.94. The molecule has 1 aliphatic carbocycles. The molecule has 7 nitrogen and oxygen atoms in total. The zero-order valence-electron chi connectivity index (χ0n) is 15.1. The third kappa shape index (κ3) is 4.08. The summed E-state index contributed by atoms with van der Waals surface area (Å²) in [6.45, 7) is -3.52. The fourth-order valence-electron chi connectivity index (χ4n) is 3.34. The van der Waals surface area contributed by atoms with Gasteiger partial charge in [-0.2, -0.15) is 8.78 Å². The highest BCUT2D eigenvalue weighted by Crippen LogP contribution is 2.37. The van der Waals surface area contributed by atoms with Gasteiger partial charge in [-0.15, -0.1) is 0 Å². The van der Waals surface area contributed by atoms with E-state index in [1.807, 2.05) is 0 Å². The predicted molar refractivity (Wildman–Crippen MR) is 95.1 cm³/mol. The van der Waals surface area contributed by atoms with Crippen molar-refractivity contribution in [1.29, 1.82) is 0 Å². The van der Waals surface area contributed by atoms with E-state index < -0.39 is 19.1 Å². The molecule has 2 aromatic heterocycles. The van der Waals surface area contributed by atoms with Crippen LogP contribution in [0.15, 0.2) is 18.3 Å². The number of rotatable bonds is 5. The number of hydrogen-bond acceptors (Lipinski definition) is 7. The van der Waals surface area contributed by atoms with Gasteiger partial charge in [0.25, 0.3) is 5.92 Å². The molecule has 4 rings (SSSR count). The molecular formula is C18H17F4N5O2. The lowest BCUT2D eigenvalue weighted by molar-refractivity contribution is -0.124. The number of Topliss-reactive ketones (excluding diaryl/α,β-unsaturated/α-hetero) is 1. The number of nitrogens with zero attached hydrogens (tertiary/aromatic N) is 4. The molecule has 0 spiro atoms. The zero-order chi connectivity index (χ0) is 20.8. The number of anilines is 2. The molecule has 11 heteroatoms. The average Bonchev–Trinajstić information content (AvgIpc) is 3.00. The molecule has 0 radical (unpaired) electrons. The van der Waals surface area contributed by atoms with E-state index in [2.05, 4.69) is 19.7 Å². The Labute approximate surface area is 162 Å². The number of alkyl halides is 4. The van der Waals surface area contributed by atoms with Crippen molar-refractivity contribution in [3.8, 4) is 17.0 Å². The van der Waals surface area contributed by atoms with E-state index in [-0.39, 0.29) is 42.2 Å². The van der Waals surface area contributed by atoms with Crippen molar-refractivity contribution in [3.05, 3.63) is 24.0 Å². The van der Waals surface area contributed by atoms with Crippen LogP contribution in [0.1, 0.15) is 30.9 Å². The van der Waals surface area contributed by atoms with Crippen molar-refractivity contribution in [2.75, 3.05) is 23.7 Å². The number of nitrogens with two attached hydrogens (primary N) is 1. The third-order valence-electron chi connectivity index (χ3n) is 4.95. The van der Waals surface area contributed by atoms with Gasteiger partial charge in [0.1, 0.15) is 5.78 Å². The van der Waals surface area contributed by atoms with Crippen LogP contribution in [-0.4, -0.2) is 46.4 Å². The zero-order valence-corrected chi connectivity index (χ0v) is 15.1. The van der Waals surface area contributed by atoms with Gasteiger partial charge in [0, 0.05) is 43.5 Å². The number of ether oxygens (including phenoxy) is 1. The van der Waals surface area contributed by atoms with Gasteiger partial charge in [-0.25, -0.2) is 23.7 Å². The van der Waals surface area contributed by atoms with Crippen LogP contribution in [0, 0.1) is 0 Å². The van der Waals surface area contributed by atoms with Crippen molar-refractivity contribution in [1.82, 2.24) is 15.0 Å². The Balaban J connectivity index is 1.73. The summed E-state index contributed by atoms with van der Waals surface area (Å²) in [7, 11) is 0. The summed E-state index contributed by atoms with van der Waals surface area (Å²) in [6.07, 6.45) is 1.64. The number of carbonyl (C=O) groups excluding carboxylic acids is 1. The largest absolute Gasteiger partial charge is 0.431 e.